The Bertz CT molecular complexity index is 793. The van der Waals surface area contributed by atoms with Gasteiger partial charge >= 0.3 is 0 Å². The molecule has 0 aliphatic carbocycles. The van der Waals surface area contributed by atoms with Crippen molar-refractivity contribution in [3.63, 3.8) is 0 Å². The number of hydrogen-bond donors (Lipinski definition) is 1. The molecule has 5 heteroatoms. The number of para-hydroxylation sites is 1. The molecule has 0 unspecified atom stereocenters. The van der Waals surface area contributed by atoms with Gasteiger partial charge in [0, 0.05) is 12.1 Å². The molecule has 2 aliphatic heterocycles. The van der Waals surface area contributed by atoms with Crippen LogP contribution in [0, 0.1) is 0 Å². The Morgan fingerprint density at radius 1 is 1.11 bits per heavy atom. The highest BCUT2D eigenvalue weighted by molar-refractivity contribution is 5.98. The van der Waals surface area contributed by atoms with Gasteiger partial charge in [0.15, 0.2) is 11.5 Å². The van der Waals surface area contributed by atoms with Crippen LogP contribution < -0.4 is 14.8 Å². The molecule has 2 aliphatic rings. The Morgan fingerprint density at radius 3 is 2.78 bits per heavy atom. The molecule has 2 aromatic carbocycles. The van der Waals surface area contributed by atoms with E-state index in [9.17, 15) is 4.79 Å². The number of amides is 1. The van der Waals surface area contributed by atoms with Gasteiger partial charge in [-0.3, -0.25) is 4.79 Å². The SMILES string of the molecule is CN1CCC[C@H](NC(=O)c2cccc3c2OCCO3)[C@@H]1Cc1ccccc1. The van der Waals surface area contributed by atoms with Gasteiger partial charge in [-0.25, -0.2) is 0 Å². The highest BCUT2D eigenvalue weighted by Gasteiger charge is 2.31. The molecule has 142 valence electrons. The molecule has 1 N–H and O–H groups in total. The van der Waals surface area contributed by atoms with E-state index in [0.29, 0.717) is 30.3 Å². The third-order valence-electron chi connectivity index (χ3n) is 5.47. The van der Waals surface area contributed by atoms with Crippen LogP contribution in [0.1, 0.15) is 28.8 Å². The first-order valence-electron chi connectivity index (χ1n) is 9.66. The quantitative estimate of drug-likeness (QED) is 0.904. The van der Waals surface area contributed by atoms with Crippen LogP contribution in [-0.4, -0.2) is 49.7 Å². The van der Waals surface area contributed by atoms with E-state index in [4.69, 9.17) is 9.47 Å². The fraction of sp³-hybridized carbons (Fsp3) is 0.409. The Balaban J connectivity index is 1.52. The molecule has 2 heterocycles. The summed E-state index contributed by atoms with van der Waals surface area (Å²) in [6, 6.07) is 16.4. The Kier molecular flexibility index (Phi) is 5.30. The lowest BCUT2D eigenvalue weighted by Gasteiger charge is -2.39. The zero-order valence-electron chi connectivity index (χ0n) is 15.7. The van der Waals surface area contributed by atoms with Crippen LogP contribution in [0.3, 0.4) is 0 Å². The van der Waals surface area contributed by atoms with Crippen molar-refractivity contribution >= 4 is 5.91 Å². The number of nitrogens with zero attached hydrogens (tertiary/aromatic N) is 1. The lowest BCUT2D eigenvalue weighted by molar-refractivity contribution is 0.0842. The Morgan fingerprint density at radius 2 is 1.93 bits per heavy atom. The van der Waals surface area contributed by atoms with Gasteiger partial charge in [0.05, 0.1) is 5.56 Å². The molecule has 1 fully saturated rings. The van der Waals surface area contributed by atoms with Crippen LogP contribution >= 0.6 is 0 Å². The lowest BCUT2D eigenvalue weighted by atomic mass is 9.91. The number of fused-ring (bicyclic) bond motifs is 1. The number of hydrogen-bond acceptors (Lipinski definition) is 4. The summed E-state index contributed by atoms with van der Waals surface area (Å²) in [5.41, 5.74) is 1.85. The molecule has 0 bridgehead atoms. The number of likely N-dealkylation sites (tertiary alicyclic amines) is 1. The van der Waals surface area contributed by atoms with E-state index in [0.717, 1.165) is 25.8 Å². The second-order valence-electron chi connectivity index (χ2n) is 7.29. The average molecular weight is 366 g/mol. The topological polar surface area (TPSA) is 50.8 Å². The van der Waals surface area contributed by atoms with Crippen LogP contribution in [-0.2, 0) is 6.42 Å². The summed E-state index contributed by atoms with van der Waals surface area (Å²) in [6.07, 6.45) is 2.99. The summed E-state index contributed by atoms with van der Waals surface area (Å²) in [5, 5.41) is 3.27. The van der Waals surface area contributed by atoms with E-state index in [2.05, 4.69) is 41.5 Å². The molecule has 4 rings (SSSR count). The van der Waals surface area contributed by atoms with Gasteiger partial charge in [0.1, 0.15) is 13.2 Å². The van der Waals surface area contributed by atoms with Crippen molar-refractivity contribution < 1.29 is 14.3 Å². The van der Waals surface area contributed by atoms with E-state index >= 15 is 0 Å². The van der Waals surface area contributed by atoms with Gasteiger partial charge in [0.25, 0.3) is 5.91 Å². The van der Waals surface area contributed by atoms with Crippen LogP contribution in [0.25, 0.3) is 0 Å². The average Bonchev–Trinajstić information content (AvgIpc) is 2.71. The largest absolute Gasteiger partial charge is 0.486 e. The van der Waals surface area contributed by atoms with Crippen LogP contribution in [0.4, 0.5) is 0 Å². The monoisotopic (exact) mass is 366 g/mol. The van der Waals surface area contributed by atoms with Gasteiger partial charge in [-0.15, -0.1) is 0 Å². The van der Waals surface area contributed by atoms with Crippen LogP contribution in [0.15, 0.2) is 48.5 Å². The molecule has 0 spiro atoms. The molecule has 0 saturated carbocycles. The number of benzene rings is 2. The molecular weight excluding hydrogens is 340 g/mol. The van der Waals surface area contributed by atoms with E-state index in [1.807, 2.05) is 24.3 Å². The normalized spacial score (nSPS) is 22.3. The van der Waals surface area contributed by atoms with Crippen molar-refractivity contribution in [1.29, 1.82) is 0 Å². The van der Waals surface area contributed by atoms with Crippen molar-refractivity contribution in [2.75, 3.05) is 26.8 Å². The maximum absolute atomic E-state index is 13.0. The Hall–Kier alpha value is -2.53. The summed E-state index contributed by atoms with van der Waals surface area (Å²) in [5.74, 6) is 1.12. The van der Waals surface area contributed by atoms with Crippen molar-refractivity contribution in [2.24, 2.45) is 0 Å². The number of carbonyl (C=O) groups excluding carboxylic acids is 1. The van der Waals surface area contributed by atoms with E-state index in [1.54, 1.807) is 0 Å². The van der Waals surface area contributed by atoms with Gasteiger partial charge in [-0.1, -0.05) is 36.4 Å². The minimum absolute atomic E-state index is 0.0873. The van der Waals surface area contributed by atoms with E-state index in [1.165, 1.54) is 5.56 Å². The van der Waals surface area contributed by atoms with Crippen molar-refractivity contribution in [1.82, 2.24) is 10.2 Å². The summed E-state index contributed by atoms with van der Waals surface area (Å²) in [7, 11) is 2.15. The molecule has 0 aromatic heterocycles. The summed E-state index contributed by atoms with van der Waals surface area (Å²) < 4.78 is 11.3. The second-order valence-corrected chi connectivity index (χ2v) is 7.29. The first-order chi connectivity index (χ1) is 13.2. The Labute approximate surface area is 160 Å². The third-order valence-corrected chi connectivity index (χ3v) is 5.47. The summed E-state index contributed by atoms with van der Waals surface area (Å²) >= 11 is 0. The molecule has 1 amide bonds. The molecule has 1 saturated heterocycles. The zero-order chi connectivity index (χ0) is 18.6. The third kappa shape index (κ3) is 3.93. The van der Waals surface area contributed by atoms with Gasteiger partial charge in [-0.2, -0.15) is 0 Å². The van der Waals surface area contributed by atoms with Gasteiger partial charge in [-0.05, 0) is 50.6 Å². The fourth-order valence-electron chi connectivity index (χ4n) is 4.05. The number of piperidine rings is 1. The first-order valence-corrected chi connectivity index (χ1v) is 9.66. The summed E-state index contributed by atoms with van der Waals surface area (Å²) in [4.78, 5) is 15.4. The predicted octanol–water partition coefficient (Wildman–Crippen LogP) is 2.89. The number of likely N-dealkylation sites (N-methyl/N-ethyl adjacent to an activating group) is 1. The molecule has 2 atom stereocenters. The summed E-state index contributed by atoms with van der Waals surface area (Å²) in [6.45, 7) is 2.05. The molecular formula is C22H26N2O3. The van der Waals surface area contributed by atoms with E-state index in [-0.39, 0.29) is 18.0 Å². The van der Waals surface area contributed by atoms with E-state index < -0.39 is 0 Å². The van der Waals surface area contributed by atoms with Crippen molar-refractivity contribution in [3.8, 4) is 11.5 Å². The van der Waals surface area contributed by atoms with Crippen molar-refractivity contribution in [2.45, 2.75) is 31.3 Å². The number of ether oxygens (including phenoxy) is 2. The number of rotatable bonds is 4. The second kappa shape index (κ2) is 8.01. The van der Waals surface area contributed by atoms with Gasteiger partial charge < -0.3 is 19.7 Å². The van der Waals surface area contributed by atoms with Crippen LogP contribution in [0.2, 0.25) is 0 Å². The minimum atomic E-state index is -0.0873. The highest BCUT2D eigenvalue weighted by atomic mass is 16.6. The predicted molar refractivity (Wildman–Crippen MR) is 104 cm³/mol. The standard InChI is InChI=1S/C22H26N2O3/c1-24-12-6-10-18(19(24)15-16-7-3-2-4-8-16)23-22(25)17-9-5-11-20-21(17)27-14-13-26-20/h2-5,7-9,11,18-19H,6,10,12-15H2,1H3,(H,23,25)/t18-,19-/m0/s1. The number of nitrogens with one attached hydrogen (secondary N) is 1. The molecule has 5 nitrogen and oxygen atoms in total. The van der Waals surface area contributed by atoms with Crippen molar-refractivity contribution in [3.05, 3.63) is 59.7 Å². The van der Waals surface area contributed by atoms with Gasteiger partial charge in [0.2, 0.25) is 0 Å². The molecule has 2 aromatic rings. The zero-order valence-corrected chi connectivity index (χ0v) is 15.7. The highest BCUT2D eigenvalue weighted by Crippen LogP contribution is 2.33. The van der Waals surface area contributed by atoms with Crippen LogP contribution in [0.5, 0.6) is 11.5 Å². The number of carbonyl (C=O) groups is 1. The maximum atomic E-state index is 13.0. The fourth-order valence-corrected chi connectivity index (χ4v) is 4.05. The minimum Gasteiger partial charge on any atom is -0.486 e. The molecule has 0 radical (unpaired) electrons. The smallest absolute Gasteiger partial charge is 0.255 e. The molecule has 27 heavy (non-hydrogen) atoms. The lowest BCUT2D eigenvalue weighted by Crippen LogP contribution is -2.55. The first kappa shape index (κ1) is 17.9. The maximum Gasteiger partial charge on any atom is 0.255 e.